The molecule has 0 radical (unpaired) electrons. The minimum absolute atomic E-state index is 0.0407. The third-order valence-electron chi connectivity index (χ3n) is 4.88. The molecule has 3 aromatic rings. The third-order valence-corrected chi connectivity index (χ3v) is 7.46. The van der Waals surface area contributed by atoms with Gasteiger partial charge in [0.25, 0.3) is 10.0 Å². The third kappa shape index (κ3) is 4.04. The molecule has 1 aromatic heterocycles. The summed E-state index contributed by atoms with van der Waals surface area (Å²) in [4.78, 5) is 0.230. The second-order valence-corrected chi connectivity index (χ2v) is 11.1. The number of aromatic nitrogens is 2. The number of hydrogen-bond acceptors (Lipinski definition) is 4. The summed E-state index contributed by atoms with van der Waals surface area (Å²) >= 11 is 7.73. The Balaban J connectivity index is 1.72. The summed E-state index contributed by atoms with van der Waals surface area (Å²) in [6.07, 6.45) is 0. The molecule has 152 valence electrons. The molecule has 4 rings (SSSR count). The quantitative estimate of drug-likeness (QED) is 0.583. The lowest BCUT2D eigenvalue weighted by molar-refractivity contribution is 0.587. The zero-order valence-electron chi connectivity index (χ0n) is 16.4. The van der Waals surface area contributed by atoms with Gasteiger partial charge in [-0.25, -0.2) is 13.1 Å². The van der Waals surface area contributed by atoms with Crippen molar-refractivity contribution in [2.24, 2.45) is 0 Å². The van der Waals surface area contributed by atoms with Gasteiger partial charge in [-0.2, -0.15) is 16.9 Å². The average molecular weight is 448 g/mol. The van der Waals surface area contributed by atoms with Crippen LogP contribution in [-0.2, 0) is 26.9 Å². The summed E-state index contributed by atoms with van der Waals surface area (Å²) in [6, 6.07) is 14.2. The van der Waals surface area contributed by atoms with Crippen molar-refractivity contribution in [3.05, 3.63) is 70.4 Å². The van der Waals surface area contributed by atoms with Crippen LogP contribution < -0.4 is 4.72 Å². The van der Waals surface area contributed by atoms with Crippen molar-refractivity contribution in [1.82, 2.24) is 9.78 Å². The molecule has 8 heteroatoms. The number of thioether (sulfide) groups is 1. The number of halogens is 1. The Bertz CT molecular complexity index is 1150. The van der Waals surface area contributed by atoms with Crippen LogP contribution >= 0.6 is 23.4 Å². The van der Waals surface area contributed by atoms with Crippen LogP contribution in [0, 0.1) is 0 Å². The van der Waals surface area contributed by atoms with Crippen LogP contribution in [0.4, 0.5) is 5.82 Å². The number of rotatable bonds is 4. The first-order valence-electron chi connectivity index (χ1n) is 9.23. The Morgan fingerprint density at radius 1 is 1.03 bits per heavy atom. The summed E-state index contributed by atoms with van der Waals surface area (Å²) in [6.45, 7) is 6.29. The van der Waals surface area contributed by atoms with Gasteiger partial charge in [-0.15, -0.1) is 0 Å². The molecule has 0 atom stereocenters. The molecule has 0 unspecified atom stereocenters. The number of benzene rings is 2. The molecule has 0 fully saturated rings. The molecule has 1 aliphatic heterocycles. The number of nitrogens with one attached hydrogen (secondary N) is 1. The SMILES string of the molecule is CC(C)(C)c1ccc(S(=O)(=O)Nc2c3c(nn2-c2ccc(Cl)cc2)CSC3)cc1. The zero-order valence-corrected chi connectivity index (χ0v) is 18.8. The predicted molar refractivity (Wildman–Crippen MR) is 120 cm³/mol. The summed E-state index contributed by atoms with van der Waals surface area (Å²) < 4.78 is 30.7. The second kappa shape index (κ2) is 7.38. The van der Waals surface area contributed by atoms with E-state index in [9.17, 15) is 8.42 Å². The van der Waals surface area contributed by atoms with Crippen molar-refractivity contribution < 1.29 is 8.42 Å². The molecule has 2 heterocycles. The van der Waals surface area contributed by atoms with Crippen molar-refractivity contribution in [2.75, 3.05) is 4.72 Å². The van der Waals surface area contributed by atoms with E-state index in [0.29, 0.717) is 10.8 Å². The lowest BCUT2D eigenvalue weighted by Gasteiger charge is -2.19. The van der Waals surface area contributed by atoms with E-state index < -0.39 is 10.0 Å². The largest absolute Gasteiger partial charge is 0.263 e. The van der Waals surface area contributed by atoms with E-state index >= 15 is 0 Å². The maximum Gasteiger partial charge on any atom is 0.263 e. The topological polar surface area (TPSA) is 64.0 Å². The number of nitrogens with zero attached hydrogens (tertiary/aromatic N) is 2. The summed E-state index contributed by atoms with van der Waals surface area (Å²) in [5.41, 5.74) is 3.64. The van der Waals surface area contributed by atoms with Gasteiger partial charge in [-0.05, 0) is 47.4 Å². The van der Waals surface area contributed by atoms with Crippen molar-refractivity contribution in [3.8, 4) is 5.69 Å². The fourth-order valence-electron chi connectivity index (χ4n) is 3.21. The molecule has 0 bridgehead atoms. The van der Waals surface area contributed by atoms with E-state index in [2.05, 4.69) is 30.6 Å². The number of sulfonamides is 1. The molecule has 0 spiro atoms. The van der Waals surface area contributed by atoms with Gasteiger partial charge in [-0.3, -0.25) is 4.72 Å². The number of anilines is 1. The lowest BCUT2D eigenvalue weighted by atomic mass is 9.87. The average Bonchev–Trinajstić information content (AvgIpc) is 3.24. The molecule has 1 N–H and O–H groups in total. The van der Waals surface area contributed by atoms with Crippen LogP contribution in [0.3, 0.4) is 0 Å². The molecule has 2 aromatic carbocycles. The van der Waals surface area contributed by atoms with Gasteiger partial charge in [0, 0.05) is 22.1 Å². The van der Waals surface area contributed by atoms with E-state index in [1.807, 2.05) is 24.3 Å². The number of fused-ring (bicyclic) bond motifs is 1. The fraction of sp³-hybridized carbons (Fsp3) is 0.286. The van der Waals surface area contributed by atoms with Gasteiger partial charge in [-0.1, -0.05) is 44.5 Å². The van der Waals surface area contributed by atoms with Crippen LogP contribution in [0.15, 0.2) is 53.4 Å². The number of hydrogen-bond donors (Lipinski definition) is 1. The minimum Gasteiger partial charge on any atom is -0.263 e. The van der Waals surface area contributed by atoms with Gasteiger partial charge in [0.1, 0.15) is 5.82 Å². The maximum atomic E-state index is 13.1. The Labute approximate surface area is 180 Å². The normalized spacial score (nSPS) is 14.1. The highest BCUT2D eigenvalue weighted by molar-refractivity contribution is 7.98. The van der Waals surface area contributed by atoms with Crippen LogP contribution in [0.2, 0.25) is 5.02 Å². The van der Waals surface area contributed by atoms with Crippen LogP contribution in [0.1, 0.15) is 37.6 Å². The highest BCUT2D eigenvalue weighted by Crippen LogP contribution is 2.37. The molecule has 0 amide bonds. The fourth-order valence-corrected chi connectivity index (χ4v) is 5.44. The highest BCUT2D eigenvalue weighted by atomic mass is 35.5. The molecule has 0 aliphatic carbocycles. The van der Waals surface area contributed by atoms with Crippen molar-refractivity contribution >= 4 is 39.2 Å². The predicted octanol–water partition coefficient (Wildman–Crippen LogP) is 5.37. The first-order chi connectivity index (χ1) is 13.6. The molecular weight excluding hydrogens is 426 g/mol. The Hall–Kier alpha value is -1.96. The van der Waals surface area contributed by atoms with E-state index in [-0.39, 0.29) is 10.3 Å². The molecule has 5 nitrogen and oxygen atoms in total. The molecule has 0 saturated carbocycles. The molecule has 1 aliphatic rings. The summed E-state index contributed by atoms with van der Waals surface area (Å²) in [7, 11) is -3.75. The summed E-state index contributed by atoms with van der Waals surface area (Å²) in [5.74, 6) is 1.99. The lowest BCUT2D eigenvalue weighted by Crippen LogP contribution is -2.17. The maximum absolute atomic E-state index is 13.1. The summed E-state index contributed by atoms with van der Waals surface area (Å²) in [5, 5.41) is 5.26. The van der Waals surface area contributed by atoms with Gasteiger partial charge in [0.15, 0.2) is 0 Å². The van der Waals surface area contributed by atoms with Crippen LogP contribution in [-0.4, -0.2) is 18.2 Å². The minimum atomic E-state index is -3.75. The molecule has 29 heavy (non-hydrogen) atoms. The van der Waals surface area contributed by atoms with Crippen molar-refractivity contribution in [3.63, 3.8) is 0 Å². The van der Waals surface area contributed by atoms with Crippen molar-refractivity contribution in [2.45, 2.75) is 42.6 Å². The standard InChI is InChI=1S/C21H22ClN3O2S2/c1-21(2,3)14-4-10-17(11-5-14)29(26,27)24-20-18-12-28-13-19(18)23-25(20)16-8-6-15(22)7-9-16/h4-11,24H,12-13H2,1-3H3. The van der Waals surface area contributed by atoms with Gasteiger partial charge >= 0.3 is 0 Å². The molecular formula is C21H22ClN3O2S2. The Morgan fingerprint density at radius 2 is 1.69 bits per heavy atom. The first kappa shape index (κ1) is 20.3. The van der Waals surface area contributed by atoms with Crippen molar-refractivity contribution in [1.29, 1.82) is 0 Å². The zero-order chi connectivity index (χ0) is 20.8. The van der Waals surface area contributed by atoms with Gasteiger partial charge in [0.2, 0.25) is 0 Å². The van der Waals surface area contributed by atoms with Gasteiger partial charge in [0.05, 0.1) is 16.3 Å². The van der Waals surface area contributed by atoms with E-state index in [0.717, 1.165) is 34.0 Å². The van der Waals surface area contributed by atoms with Crippen LogP contribution in [0.5, 0.6) is 0 Å². The van der Waals surface area contributed by atoms with Crippen LogP contribution in [0.25, 0.3) is 5.69 Å². The van der Waals surface area contributed by atoms with Gasteiger partial charge < -0.3 is 0 Å². The Morgan fingerprint density at radius 3 is 2.31 bits per heavy atom. The van der Waals surface area contributed by atoms with E-state index in [4.69, 9.17) is 11.6 Å². The first-order valence-corrected chi connectivity index (χ1v) is 12.2. The molecule has 0 saturated heterocycles. The van der Waals surface area contributed by atoms with E-state index in [1.165, 1.54) is 0 Å². The highest BCUT2D eigenvalue weighted by Gasteiger charge is 2.27. The monoisotopic (exact) mass is 447 g/mol. The smallest absolute Gasteiger partial charge is 0.263 e. The van der Waals surface area contributed by atoms with E-state index in [1.54, 1.807) is 40.7 Å². The Kier molecular flexibility index (Phi) is 5.17. The second-order valence-electron chi connectivity index (χ2n) is 8.03.